The Labute approximate surface area is 109 Å². The topological polar surface area (TPSA) is 24.4 Å². The highest BCUT2D eigenvalue weighted by Gasteiger charge is 2.64. The molecule has 102 valence electrons. The molecule has 0 radical (unpaired) electrons. The quantitative estimate of drug-likeness (QED) is 0.795. The Hall–Kier alpha value is -0.390. The van der Waals surface area contributed by atoms with Crippen molar-refractivity contribution in [2.24, 2.45) is 10.4 Å². The minimum atomic E-state index is -4.15. The molecule has 0 aromatic rings. The summed E-state index contributed by atoms with van der Waals surface area (Å²) >= 11 is 1.48. The van der Waals surface area contributed by atoms with E-state index in [0.717, 1.165) is 5.75 Å². The zero-order valence-corrected chi connectivity index (χ0v) is 11.0. The zero-order chi connectivity index (χ0) is 12.9. The fraction of sp³-hybridized carbons (Fsp3) is 0.917. The van der Waals surface area contributed by atoms with E-state index in [0.29, 0.717) is 11.7 Å². The van der Waals surface area contributed by atoms with Crippen molar-refractivity contribution < 1.29 is 13.2 Å². The zero-order valence-electron chi connectivity index (χ0n) is 10.1. The first kappa shape index (κ1) is 12.6. The van der Waals surface area contributed by atoms with Crippen molar-refractivity contribution in [1.29, 1.82) is 0 Å². The second-order valence-corrected chi connectivity index (χ2v) is 6.79. The van der Waals surface area contributed by atoms with E-state index in [2.05, 4.69) is 10.3 Å². The number of amidine groups is 1. The van der Waals surface area contributed by atoms with Crippen molar-refractivity contribution in [1.82, 2.24) is 5.32 Å². The highest BCUT2D eigenvalue weighted by Crippen LogP contribution is 2.50. The molecule has 0 bridgehead atoms. The Balaban J connectivity index is 1.64. The van der Waals surface area contributed by atoms with Crippen LogP contribution in [0.15, 0.2) is 4.99 Å². The van der Waals surface area contributed by atoms with Crippen LogP contribution in [-0.2, 0) is 0 Å². The molecule has 0 atom stereocenters. The van der Waals surface area contributed by atoms with E-state index in [1.807, 2.05) is 0 Å². The lowest BCUT2D eigenvalue weighted by Crippen LogP contribution is -2.48. The molecule has 1 spiro atoms. The standard InChI is InChI=1S/C12H17F3N2S/c13-12(14,15)11(5-6-11)17-9-16-7-10(8-18-9)3-1-2-4-10/h1-8H2,(H,16,17). The van der Waals surface area contributed by atoms with Gasteiger partial charge < -0.3 is 5.32 Å². The minimum absolute atomic E-state index is 0.182. The summed E-state index contributed by atoms with van der Waals surface area (Å²) in [5.41, 5.74) is -1.39. The van der Waals surface area contributed by atoms with E-state index in [1.54, 1.807) is 0 Å². The average Bonchev–Trinajstić information content (AvgIpc) is 2.97. The summed E-state index contributed by atoms with van der Waals surface area (Å²) in [6.45, 7) is 0.705. The van der Waals surface area contributed by atoms with Gasteiger partial charge in [-0.05, 0) is 31.1 Å². The lowest BCUT2D eigenvalue weighted by atomic mass is 9.89. The molecule has 3 rings (SSSR count). The number of rotatable bonds is 1. The molecular weight excluding hydrogens is 261 g/mol. The molecule has 0 aromatic heterocycles. The molecule has 6 heteroatoms. The molecule has 0 aromatic carbocycles. The van der Waals surface area contributed by atoms with Gasteiger partial charge in [0.05, 0.1) is 0 Å². The van der Waals surface area contributed by atoms with Crippen LogP contribution < -0.4 is 5.32 Å². The third-order valence-corrected chi connectivity index (χ3v) is 5.64. The van der Waals surface area contributed by atoms with E-state index in [9.17, 15) is 13.2 Å². The SMILES string of the molecule is FC(F)(F)C1(NC2=NCC3(CCCC3)CS2)CC1. The van der Waals surface area contributed by atoms with Gasteiger partial charge in [-0.1, -0.05) is 24.6 Å². The van der Waals surface area contributed by atoms with E-state index in [1.165, 1.54) is 37.4 Å². The molecule has 0 unspecified atom stereocenters. The van der Waals surface area contributed by atoms with Crippen LogP contribution in [0.5, 0.6) is 0 Å². The van der Waals surface area contributed by atoms with Gasteiger partial charge in [-0.3, -0.25) is 4.99 Å². The van der Waals surface area contributed by atoms with Gasteiger partial charge in [-0.15, -0.1) is 0 Å². The molecule has 3 aliphatic rings. The molecule has 0 saturated heterocycles. The van der Waals surface area contributed by atoms with Crippen molar-refractivity contribution in [3.63, 3.8) is 0 Å². The molecule has 2 aliphatic carbocycles. The Bertz CT molecular complexity index is 368. The van der Waals surface area contributed by atoms with E-state index < -0.39 is 11.7 Å². The number of hydrogen-bond donors (Lipinski definition) is 1. The predicted molar refractivity (Wildman–Crippen MR) is 66.8 cm³/mol. The summed E-state index contributed by atoms with van der Waals surface area (Å²) in [7, 11) is 0. The van der Waals surface area contributed by atoms with Crippen molar-refractivity contribution in [3.05, 3.63) is 0 Å². The largest absolute Gasteiger partial charge is 0.411 e. The molecular formula is C12H17F3N2S. The van der Waals surface area contributed by atoms with Gasteiger partial charge in [0.2, 0.25) is 0 Å². The molecule has 2 nitrogen and oxygen atoms in total. The van der Waals surface area contributed by atoms with Crippen LogP contribution in [0.1, 0.15) is 38.5 Å². The number of halogens is 3. The summed E-state index contributed by atoms with van der Waals surface area (Å²) < 4.78 is 38.5. The summed E-state index contributed by atoms with van der Waals surface area (Å²) in [5.74, 6) is 0.923. The number of nitrogens with one attached hydrogen (secondary N) is 1. The Morgan fingerprint density at radius 3 is 2.22 bits per heavy atom. The summed E-state index contributed by atoms with van der Waals surface area (Å²) in [4.78, 5) is 4.37. The molecule has 0 amide bonds. The maximum atomic E-state index is 12.8. The van der Waals surface area contributed by atoms with Crippen molar-refractivity contribution in [2.45, 2.75) is 50.2 Å². The maximum Gasteiger partial charge on any atom is 0.411 e. The van der Waals surface area contributed by atoms with Gasteiger partial charge in [-0.2, -0.15) is 13.2 Å². The van der Waals surface area contributed by atoms with E-state index >= 15 is 0 Å². The van der Waals surface area contributed by atoms with Gasteiger partial charge in [0.15, 0.2) is 5.17 Å². The number of thioether (sulfide) groups is 1. The first-order valence-corrected chi connectivity index (χ1v) is 7.46. The second-order valence-electron chi connectivity index (χ2n) is 5.82. The van der Waals surface area contributed by atoms with Crippen LogP contribution >= 0.6 is 11.8 Å². The third kappa shape index (κ3) is 2.12. The predicted octanol–water partition coefficient (Wildman–Crippen LogP) is 3.33. The van der Waals surface area contributed by atoms with Gasteiger partial charge in [-0.25, -0.2) is 0 Å². The molecule has 2 saturated carbocycles. The molecule has 1 N–H and O–H groups in total. The summed E-state index contributed by atoms with van der Waals surface area (Å²) in [6, 6.07) is 0. The van der Waals surface area contributed by atoms with Crippen LogP contribution in [0.2, 0.25) is 0 Å². The number of hydrogen-bond acceptors (Lipinski definition) is 3. The number of alkyl halides is 3. The molecule has 1 aliphatic heterocycles. The van der Waals surface area contributed by atoms with Crippen LogP contribution in [0.25, 0.3) is 0 Å². The van der Waals surface area contributed by atoms with Crippen molar-refractivity contribution in [3.8, 4) is 0 Å². The Kier molecular flexibility index (Phi) is 2.84. The normalized spacial score (nSPS) is 29.2. The van der Waals surface area contributed by atoms with E-state index in [4.69, 9.17) is 0 Å². The minimum Gasteiger partial charge on any atom is -0.351 e. The first-order chi connectivity index (χ1) is 8.45. The molecule has 2 fully saturated rings. The lowest BCUT2D eigenvalue weighted by molar-refractivity contribution is -0.161. The molecule has 18 heavy (non-hydrogen) atoms. The highest BCUT2D eigenvalue weighted by molar-refractivity contribution is 8.13. The lowest BCUT2D eigenvalue weighted by Gasteiger charge is -2.32. The van der Waals surface area contributed by atoms with Crippen molar-refractivity contribution >= 4 is 16.9 Å². The van der Waals surface area contributed by atoms with Gasteiger partial charge >= 0.3 is 6.18 Å². The smallest absolute Gasteiger partial charge is 0.351 e. The third-order valence-electron chi connectivity index (χ3n) is 4.38. The van der Waals surface area contributed by atoms with Gasteiger partial charge in [0.25, 0.3) is 0 Å². The molecule has 1 heterocycles. The van der Waals surface area contributed by atoms with Crippen LogP contribution in [0.3, 0.4) is 0 Å². The van der Waals surface area contributed by atoms with Gasteiger partial charge in [0.1, 0.15) is 5.54 Å². The average molecular weight is 278 g/mol. The fourth-order valence-corrected chi connectivity index (χ4v) is 4.11. The summed E-state index contributed by atoms with van der Waals surface area (Å²) in [6.07, 6.45) is 1.06. The van der Waals surface area contributed by atoms with E-state index in [-0.39, 0.29) is 18.3 Å². The van der Waals surface area contributed by atoms with Crippen LogP contribution in [0.4, 0.5) is 13.2 Å². The Morgan fingerprint density at radius 2 is 1.78 bits per heavy atom. The second kappa shape index (κ2) is 4.05. The monoisotopic (exact) mass is 278 g/mol. The number of aliphatic imine (C=N–C) groups is 1. The number of nitrogens with zero attached hydrogens (tertiary/aromatic N) is 1. The van der Waals surface area contributed by atoms with Crippen molar-refractivity contribution in [2.75, 3.05) is 12.3 Å². The van der Waals surface area contributed by atoms with Gasteiger partial charge in [0, 0.05) is 12.3 Å². The first-order valence-electron chi connectivity index (χ1n) is 6.47. The fourth-order valence-electron chi connectivity index (χ4n) is 2.86. The highest BCUT2D eigenvalue weighted by atomic mass is 32.2. The van der Waals surface area contributed by atoms with Crippen LogP contribution in [-0.4, -0.2) is 29.2 Å². The summed E-state index contributed by atoms with van der Waals surface area (Å²) in [5, 5.41) is 3.14. The van der Waals surface area contributed by atoms with Crippen LogP contribution in [0, 0.1) is 5.41 Å². The Morgan fingerprint density at radius 1 is 1.11 bits per heavy atom. The maximum absolute atomic E-state index is 12.8.